The standard InChI is InChI=1S/C10H14N2S/c1-9-2-3-11-10(8-9)12-4-6-13-7-5-12/h2-3,8H,4-7H2,1H3. The Morgan fingerprint density at radius 2 is 2.15 bits per heavy atom. The van der Waals surface area contributed by atoms with Crippen LogP contribution in [0.1, 0.15) is 5.56 Å². The molecule has 0 atom stereocenters. The van der Waals surface area contributed by atoms with E-state index in [-0.39, 0.29) is 0 Å². The van der Waals surface area contributed by atoms with Crippen molar-refractivity contribution in [2.75, 3.05) is 29.5 Å². The van der Waals surface area contributed by atoms with Crippen LogP contribution in [0.2, 0.25) is 0 Å². The largest absolute Gasteiger partial charge is 0.355 e. The lowest BCUT2D eigenvalue weighted by atomic mass is 10.3. The highest BCUT2D eigenvalue weighted by molar-refractivity contribution is 7.99. The Hall–Kier alpha value is -0.700. The average molecular weight is 194 g/mol. The van der Waals surface area contributed by atoms with Gasteiger partial charge in [-0.2, -0.15) is 11.8 Å². The van der Waals surface area contributed by atoms with Gasteiger partial charge in [-0.1, -0.05) is 0 Å². The summed E-state index contributed by atoms with van der Waals surface area (Å²) in [5.41, 5.74) is 1.29. The Morgan fingerprint density at radius 1 is 1.38 bits per heavy atom. The molecule has 0 radical (unpaired) electrons. The van der Waals surface area contributed by atoms with E-state index in [1.807, 2.05) is 24.0 Å². The van der Waals surface area contributed by atoms with Gasteiger partial charge >= 0.3 is 0 Å². The zero-order valence-corrected chi connectivity index (χ0v) is 8.68. The predicted molar refractivity (Wildman–Crippen MR) is 58.5 cm³/mol. The van der Waals surface area contributed by atoms with Gasteiger partial charge in [0.05, 0.1) is 0 Å². The minimum atomic E-state index is 1.14. The molecule has 1 aliphatic rings. The highest BCUT2D eigenvalue weighted by Gasteiger charge is 2.11. The fourth-order valence-corrected chi connectivity index (χ4v) is 2.39. The van der Waals surface area contributed by atoms with Crippen molar-refractivity contribution in [2.45, 2.75) is 6.92 Å². The number of thioether (sulfide) groups is 1. The van der Waals surface area contributed by atoms with Crippen molar-refractivity contribution in [3.8, 4) is 0 Å². The maximum absolute atomic E-state index is 4.38. The average Bonchev–Trinajstić information content (AvgIpc) is 2.19. The lowest BCUT2D eigenvalue weighted by Crippen LogP contribution is -2.33. The summed E-state index contributed by atoms with van der Waals surface area (Å²) in [4.78, 5) is 6.74. The first-order valence-electron chi connectivity index (χ1n) is 4.61. The number of rotatable bonds is 1. The molecule has 0 aliphatic carbocycles. The van der Waals surface area contributed by atoms with E-state index in [0.717, 1.165) is 18.9 Å². The van der Waals surface area contributed by atoms with E-state index in [1.54, 1.807) is 0 Å². The third-order valence-corrected chi connectivity index (χ3v) is 3.18. The maximum Gasteiger partial charge on any atom is 0.128 e. The van der Waals surface area contributed by atoms with Crippen LogP contribution in [-0.4, -0.2) is 29.6 Å². The first-order valence-corrected chi connectivity index (χ1v) is 5.77. The second kappa shape index (κ2) is 4.01. The van der Waals surface area contributed by atoms with Crippen molar-refractivity contribution in [3.05, 3.63) is 23.9 Å². The minimum Gasteiger partial charge on any atom is -0.355 e. The molecule has 13 heavy (non-hydrogen) atoms. The lowest BCUT2D eigenvalue weighted by molar-refractivity contribution is 0.838. The number of anilines is 1. The van der Waals surface area contributed by atoms with Crippen molar-refractivity contribution in [2.24, 2.45) is 0 Å². The van der Waals surface area contributed by atoms with Gasteiger partial charge in [-0.05, 0) is 24.6 Å². The Kier molecular flexibility index (Phi) is 2.74. The van der Waals surface area contributed by atoms with Crippen molar-refractivity contribution >= 4 is 17.6 Å². The van der Waals surface area contributed by atoms with E-state index in [4.69, 9.17) is 0 Å². The zero-order chi connectivity index (χ0) is 9.10. The molecule has 0 saturated carbocycles. The van der Waals surface area contributed by atoms with Gasteiger partial charge in [0, 0.05) is 30.8 Å². The topological polar surface area (TPSA) is 16.1 Å². The first-order chi connectivity index (χ1) is 6.36. The van der Waals surface area contributed by atoms with Crippen LogP contribution in [0.15, 0.2) is 18.3 Å². The van der Waals surface area contributed by atoms with Crippen molar-refractivity contribution in [3.63, 3.8) is 0 Å². The molecule has 0 amide bonds. The number of aryl methyl sites for hydroxylation is 1. The van der Waals surface area contributed by atoms with Gasteiger partial charge in [0.15, 0.2) is 0 Å². The summed E-state index contributed by atoms with van der Waals surface area (Å²) in [6, 6.07) is 4.21. The molecule has 2 heterocycles. The molecule has 70 valence electrons. The van der Waals surface area contributed by atoms with Crippen LogP contribution in [-0.2, 0) is 0 Å². The molecule has 1 aromatic rings. The number of pyridine rings is 1. The Morgan fingerprint density at radius 3 is 2.85 bits per heavy atom. The summed E-state index contributed by atoms with van der Waals surface area (Å²) in [6.45, 7) is 4.39. The van der Waals surface area contributed by atoms with E-state index < -0.39 is 0 Å². The third kappa shape index (κ3) is 2.15. The number of nitrogens with zero attached hydrogens (tertiary/aromatic N) is 2. The Balaban J connectivity index is 2.14. The first kappa shape index (κ1) is 8.88. The highest BCUT2D eigenvalue weighted by Crippen LogP contribution is 2.17. The van der Waals surface area contributed by atoms with E-state index in [1.165, 1.54) is 17.1 Å². The molecule has 0 N–H and O–H groups in total. The monoisotopic (exact) mass is 194 g/mol. The lowest BCUT2D eigenvalue weighted by Gasteiger charge is -2.27. The van der Waals surface area contributed by atoms with Gasteiger partial charge in [-0.25, -0.2) is 4.98 Å². The Bertz CT molecular complexity index is 282. The molecule has 0 spiro atoms. The van der Waals surface area contributed by atoms with Gasteiger partial charge in [-0.3, -0.25) is 0 Å². The summed E-state index contributed by atoms with van der Waals surface area (Å²) >= 11 is 2.03. The second-order valence-corrected chi connectivity index (χ2v) is 4.52. The van der Waals surface area contributed by atoms with E-state index in [9.17, 15) is 0 Å². The molecule has 1 aliphatic heterocycles. The minimum absolute atomic E-state index is 1.14. The summed E-state index contributed by atoms with van der Waals surface area (Å²) in [5, 5.41) is 0. The van der Waals surface area contributed by atoms with Gasteiger partial charge < -0.3 is 4.90 Å². The number of hydrogen-bond acceptors (Lipinski definition) is 3. The highest BCUT2D eigenvalue weighted by atomic mass is 32.2. The molecular formula is C10H14N2S. The third-order valence-electron chi connectivity index (χ3n) is 2.24. The summed E-state index contributed by atoms with van der Waals surface area (Å²) in [7, 11) is 0. The molecule has 0 aromatic carbocycles. The molecule has 1 aromatic heterocycles. The predicted octanol–water partition coefficient (Wildman–Crippen LogP) is 1.94. The fraction of sp³-hybridized carbons (Fsp3) is 0.500. The van der Waals surface area contributed by atoms with Crippen molar-refractivity contribution < 1.29 is 0 Å². The van der Waals surface area contributed by atoms with Gasteiger partial charge in [0.1, 0.15) is 5.82 Å². The van der Waals surface area contributed by atoms with Crippen LogP contribution >= 0.6 is 11.8 Å². The van der Waals surface area contributed by atoms with Crippen LogP contribution in [0, 0.1) is 6.92 Å². The van der Waals surface area contributed by atoms with E-state index >= 15 is 0 Å². The molecular weight excluding hydrogens is 180 g/mol. The molecule has 2 nitrogen and oxygen atoms in total. The quantitative estimate of drug-likeness (QED) is 0.679. The van der Waals surface area contributed by atoms with Gasteiger partial charge in [0.25, 0.3) is 0 Å². The summed E-state index contributed by atoms with van der Waals surface area (Å²) in [5.74, 6) is 3.60. The zero-order valence-electron chi connectivity index (χ0n) is 7.86. The van der Waals surface area contributed by atoms with Crippen LogP contribution in [0.5, 0.6) is 0 Å². The maximum atomic E-state index is 4.38. The number of hydrogen-bond donors (Lipinski definition) is 0. The van der Waals surface area contributed by atoms with E-state index in [0.29, 0.717) is 0 Å². The Labute approximate surface area is 83.4 Å². The summed E-state index contributed by atoms with van der Waals surface area (Å²) in [6.07, 6.45) is 1.90. The van der Waals surface area contributed by atoms with Crippen molar-refractivity contribution in [1.82, 2.24) is 4.98 Å². The molecule has 3 heteroatoms. The fourth-order valence-electron chi connectivity index (χ4n) is 1.49. The smallest absolute Gasteiger partial charge is 0.128 e. The van der Waals surface area contributed by atoms with Gasteiger partial charge in [-0.15, -0.1) is 0 Å². The number of aromatic nitrogens is 1. The summed E-state index contributed by atoms with van der Waals surface area (Å²) < 4.78 is 0. The van der Waals surface area contributed by atoms with E-state index in [2.05, 4.69) is 22.9 Å². The SMILES string of the molecule is Cc1ccnc(N2CCSCC2)c1. The van der Waals surface area contributed by atoms with Crippen LogP contribution < -0.4 is 4.90 Å². The van der Waals surface area contributed by atoms with Crippen molar-refractivity contribution in [1.29, 1.82) is 0 Å². The van der Waals surface area contributed by atoms with Crippen LogP contribution in [0.3, 0.4) is 0 Å². The molecule has 0 unspecified atom stereocenters. The van der Waals surface area contributed by atoms with Gasteiger partial charge in [0.2, 0.25) is 0 Å². The molecule has 0 bridgehead atoms. The van der Waals surface area contributed by atoms with Crippen LogP contribution in [0.4, 0.5) is 5.82 Å². The normalized spacial score (nSPS) is 17.5. The van der Waals surface area contributed by atoms with Crippen LogP contribution in [0.25, 0.3) is 0 Å². The molecule has 2 rings (SSSR count). The molecule has 1 saturated heterocycles. The second-order valence-electron chi connectivity index (χ2n) is 3.29. The molecule has 1 fully saturated rings.